The normalized spacial score (nSPS) is 11.8. The standard InChI is InChI=1S/C28H33N5O3S/c29-26(35)28(27(30)36,16-17-31-22-12-6-2-7-13-22)33(19-18-32-23-14-8-3-9-15-23)25(34)24(37)20-21-10-4-1-5-11-21/h1-15,24,31-32,37H,16-20H2,(H2,29,35)(H2,30,36). The monoisotopic (exact) mass is 519 g/mol. The molecular formula is C28H33N5O3S. The second kappa shape index (κ2) is 13.4. The SMILES string of the molecule is NC(=O)C(CCNc1ccccc1)(C(N)=O)N(CCNc1ccccc1)C(=O)C(S)Cc1ccccc1. The number of nitrogens with two attached hydrogens (primary N) is 2. The largest absolute Gasteiger partial charge is 0.385 e. The molecule has 0 spiro atoms. The van der Waals surface area contributed by atoms with Gasteiger partial charge < -0.3 is 27.0 Å². The molecule has 0 radical (unpaired) electrons. The zero-order valence-electron chi connectivity index (χ0n) is 20.5. The molecule has 3 aromatic rings. The summed E-state index contributed by atoms with van der Waals surface area (Å²) >= 11 is 4.55. The molecule has 1 unspecified atom stereocenters. The van der Waals surface area contributed by atoms with E-state index in [4.69, 9.17) is 11.5 Å². The fourth-order valence-corrected chi connectivity index (χ4v) is 4.52. The van der Waals surface area contributed by atoms with Crippen LogP contribution in [0.25, 0.3) is 0 Å². The number of carbonyl (C=O) groups excluding carboxylic acids is 3. The van der Waals surface area contributed by atoms with Crippen molar-refractivity contribution in [3.05, 3.63) is 96.6 Å². The van der Waals surface area contributed by atoms with Gasteiger partial charge in [-0.3, -0.25) is 14.4 Å². The van der Waals surface area contributed by atoms with Crippen molar-refractivity contribution < 1.29 is 14.4 Å². The van der Waals surface area contributed by atoms with Crippen molar-refractivity contribution in [1.82, 2.24) is 4.90 Å². The molecule has 0 aliphatic rings. The Morgan fingerprint density at radius 3 is 1.70 bits per heavy atom. The van der Waals surface area contributed by atoms with Crippen LogP contribution in [0.3, 0.4) is 0 Å². The van der Waals surface area contributed by atoms with Crippen molar-refractivity contribution in [3.8, 4) is 0 Å². The quantitative estimate of drug-likeness (QED) is 0.165. The maximum absolute atomic E-state index is 13.8. The summed E-state index contributed by atoms with van der Waals surface area (Å²) in [4.78, 5) is 40.8. The Morgan fingerprint density at radius 1 is 0.757 bits per heavy atom. The second-order valence-electron chi connectivity index (χ2n) is 8.62. The molecule has 0 aliphatic carbocycles. The van der Waals surface area contributed by atoms with Gasteiger partial charge in [-0.15, -0.1) is 0 Å². The molecule has 3 amide bonds. The summed E-state index contributed by atoms with van der Waals surface area (Å²) in [5, 5.41) is 5.56. The van der Waals surface area contributed by atoms with E-state index < -0.39 is 28.5 Å². The van der Waals surface area contributed by atoms with Crippen LogP contribution in [0.5, 0.6) is 0 Å². The molecule has 0 saturated carbocycles. The minimum Gasteiger partial charge on any atom is -0.385 e. The zero-order chi connectivity index (χ0) is 26.7. The number of primary amides is 2. The Morgan fingerprint density at radius 2 is 1.22 bits per heavy atom. The van der Waals surface area contributed by atoms with E-state index in [-0.39, 0.29) is 26.1 Å². The predicted octanol–water partition coefficient (Wildman–Crippen LogP) is 2.68. The van der Waals surface area contributed by atoms with Gasteiger partial charge >= 0.3 is 0 Å². The van der Waals surface area contributed by atoms with Crippen molar-refractivity contribution in [1.29, 1.82) is 0 Å². The van der Waals surface area contributed by atoms with Gasteiger partial charge in [0.2, 0.25) is 11.4 Å². The average molecular weight is 520 g/mol. The predicted molar refractivity (Wildman–Crippen MR) is 150 cm³/mol. The van der Waals surface area contributed by atoms with E-state index in [9.17, 15) is 14.4 Å². The Kier molecular flexibility index (Phi) is 9.97. The molecule has 194 valence electrons. The Hall–Kier alpha value is -3.98. The van der Waals surface area contributed by atoms with Crippen LogP contribution >= 0.6 is 12.6 Å². The van der Waals surface area contributed by atoms with Crippen molar-refractivity contribution >= 4 is 41.7 Å². The summed E-state index contributed by atoms with van der Waals surface area (Å²) in [7, 11) is 0. The van der Waals surface area contributed by atoms with E-state index in [1.165, 1.54) is 4.90 Å². The first-order valence-corrected chi connectivity index (χ1v) is 12.6. The zero-order valence-corrected chi connectivity index (χ0v) is 21.4. The number of nitrogens with zero attached hydrogens (tertiary/aromatic N) is 1. The summed E-state index contributed by atoms with van der Waals surface area (Å²) in [6.45, 7) is 0.453. The van der Waals surface area contributed by atoms with Crippen molar-refractivity contribution in [2.24, 2.45) is 11.5 Å². The minimum absolute atomic E-state index is 0.0107. The highest BCUT2D eigenvalue weighted by molar-refractivity contribution is 7.81. The fraction of sp³-hybridized carbons (Fsp3) is 0.250. The lowest BCUT2D eigenvalue weighted by molar-refractivity contribution is -0.153. The Balaban J connectivity index is 1.87. The highest BCUT2D eigenvalue weighted by atomic mass is 32.1. The molecule has 0 aromatic heterocycles. The first-order chi connectivity index (χ1) is 17.8. The highest BCUT2D eigenvalue weighted by Gasteiger charge is 2.51. The molecule has 0 fully saturated rings. The first-order valence-electron chi connectivity index (χ1n) is 12.1. The summed E-state index contributed by atoms with van der Waals surface area (Å²) in [5.41, 5.74) is 12.1. The highest BCUT2D eigenvalue weighted by Crippen LogP contribution is 2.24. The van der Waals surface area contributed by atoms with Crippen LogP contribution in [0, 0.1) is 0 Å². The smallest absolute Gasteiger partial charge is 0.253 e. The average Bonchev–Trinajstić information content (AvgIpc) is 2.90. The maximum Gasteiger partial charge on any atom is 0.253 e. The molecular weight excluding hydrogens is 486 g/mol. The van der Waals surface area contributed by atoms with E-state index in [1.54, 1.807) is 0 Å². The molecule has 0 aliphatic heterocycles. The molecule has 6 N–H and O–H groups in total. The van der Waals surface area contributed by atoms with Crippen LogP contribution in [0.2, 0.25) is 0 Å². The molecule has 3 aromatic carbocycles. The number of hydrogen-bond donors (Lipinski definition) is 5. The molecule has 3 rings (SSSR count). The van der Waals surface area contributed by atoms with Crippen LogP contribution in [-0.4, -0.2) is 53.0 Å². The molecule has 0 saturated heterocycles. The first kappa shape index (κ1) is 27.6. The summed E-state index contributed by atoms with van der Waals surface area (Å²) < 4.78 is 0. The van der Waals surface area contributed by atoms with Crippen LogP contribution < -0.4 is 22.1 Å². The number of amides is 3. The lowest BCUT2D eigenvalue weighted by Crippen LogP contribution is -2.68. The van der Waals surface area contributed by atoms with Gasteiger partial charge in [-0.25, -0.2) is 0 Å². The van der Waals surface area contributed by atoms with Crippen LogP contribution in [-0.2, 0) is 20.8 Å². The van der Waals surface area contributed by atoms with E-state index in [2.05, 4.69) is 23.3 Å². The molecule has 0 heterocycles. The summed E-state index contributed by atoms with van der Waals surface area (Å²) in [6, 6.07) is 28.1. The number of benzene rings is 3. The molecule has 0 bridgehead atoms. The summed E-state index contributed by atoms with van der Waals surface area (Å²) in [6.07, 6.45) is 0.205. The number of para-hydroxylation sites is 2. The third-order valence-electron chi connectivity index (χ3n) is 6.13. The van der Waals surface area contributed by atoms with E-state index in [1.807, 2.05) is 91.0 Å². The van der Waals surface area contributed by atoms with Crippen LogP contribution in [0.4, 0.5) is 11.4 Å². The lowest BCUT2D eigenvalue weighted by Gasteiger charge is -2.40. The number of hydrogen-bond acceptors (Lipinski definition) is 6. The van der Waals surface area contributed by atoms with Gasteiger partial charge in [0.05, 0.1) is 5.25 Å². The number of rotatable bonds is 14. The van der Waals surface area contributed by atoms with Gasteiger partial charge in [0.1, 0.15) is 0 Å². The summed E-state index contributed by atoms with van der Waals surface area (Å²) in [5.74, 6) is -2.47. The molecule has 8 nitrogen and oxygen atoms in total. The van der Waals surface area contributed by atoms with Gasteiger partial charge in [0.25, 0.3) is 11.8 Å². The number of nitrogens with one attached hydrogen (secondary N) is 2. The topological polar surface area (TPSA) is 131 Å². The minimum atomic E-state index is -2.05. The Bertz CT molecular complexity index is 1150. The van der Waals surface area contributed by atoms with E-state index in [0.29, 0.717) is 6.42 Å². The maximum atomic E-state index is 13.8. The third-order valence-corrected chi connectivity index (χ3v) is 6.53. The number of carbonyl (C=O) groups is 3. The Labute approximate surface area is 222 Å². The van der Waals surface area contributed by atoms with Crippen molar-refractivity contribution in [2.45, 2.75) is 23.6 Å². The van der Waals surface area contributed by atoms with Crippen LogP contribution in [0.1, 0.15) is 12.0 Å². The number of anilines is 2. The van der Waals surface area contributed by atoms with E-state index >= 15 is 0 Å². The van der Waals surface area contributed by atoms with Crippen LogP contribution in [0.15, 0.2) is 91.0 Å². The van der Waals surface area contributed by atoms with Gasteiger partial charge in [-0.2, -0.15) is 12.6 Å². The van der Waals surface area contributed by atoms with E-state index in [0.717, 1.165) is 16.9 Å². The van der Waals surface area contributed by atoms with Gasteiger partial charge in [0.15, 0.2) is 0 Å². The molecule has 9 heteroatoms. The van der Waals surface area contributed by atoms with Gasteiger partial charge in [-0.05, 0) is 36.2 Å². The van der Waals surface area contributed by atoms with Crippen molar-refractivity contribution in [3.63, 3.8) is 0 Å². The van der Waals surface area contributed by atoms with Gasteiger partial charge in [0, 0.05) is 37.4 Å². The second-order valence-corrected chi connectivity index (χ2v) is 9.24. The molecule has 1 atom stereocenters. The fourth-order valence-electron chi connectivity index (χ4n) is 4.17. The van der Waals surface area contributed by atoms with Gasteiger partial charge in [-0.1, -0.05) is 66.7 Å². The number of thiol groups is 1. The van der Waals surface area contributed by atoms with Crippen molar-refractivity contribution in [2.75, 3.05) is 30.3 Å². The third kappa shape index (κ3) is 7.27. The molecule has 37 heavy (non-hydrogen) atoms. The lowest BCUT2D eigenvalue weighted by atomic mass is 9.89.